The third kappa shape index (κ3) is 9.14. The Morgan fingerprint density at radius 1 is 1.28 bits per heavy atom. The summed E-state index contributed by atoms with van der Waals surface area (Å²) in [6.45, 7) is 6.52. The number of anilines is 1. The first-order chi connectivity index (χ1) is 13.5. The van der Waals surface area contributed by atoms with Gasteiger partial charge < -0.3 is 14.5 Å². The van der Waals surface area contributed by atoms with Crippen molar-refractivity contribution in [2.24, 2.45) is 0 Å². The monoisotopic (exact) mass is 438 g/mol. The first-order valence-electron chi connectivity index (χ1n) is 8.96. The molecule has 0 bridgehead atoms. The van der Waals surface area contributed by atoms with E-state index >= 15 is 0 Å². The summed E-state index contributed by atoms with van der Waals surface area (Å²) < 4.78 is 16.3. The normalized spacial score (nSPS) is 11.2. The van der Waals surface area contributed by atoms with Gasteiger partial charge in [-0.15, -0.1) is 0 Å². The Balaban J connectivity index is 0.000000612. The number of hydrogen-bond donors (Lipinski definition) is 3. The molecule has 2 rings (SSSR count). The topological polar surface area (TPSA) is 126 Å². The van der Waals surface area contributed by atoms with Crippen LogP contribution in [0, 0.1) is 0 Å². The van der Waals surface area contributed by atoms with Crippen LogP contribution in [0.15, 0.2) is 42.6 Å². The van der Waals surface area contributed by atoms with Crippen molar-refractivity contribution in [1.29, 1.82) is 0 Å². The molecule has 0 atom stereocenters. The van der Waals surface area contributed by atoms with E-state index in [2.05, 4.69) is 31.1 Å². The second-order valence-corrected chi connectivity index (χ2v) is 11.6. The molecule has 1 aromatic carbocycles. The number of carbonyl (C=O) groups is 2. The average molecular weight is 438 g/mol. The van der Waals surface area contributed by atoms with E-state index in [0.717, 1.165) is 0 Å². The van der Waals surface area contributed by atoms with E-state index in [-0.39, 0.29) is 28.9 Å². The van der Waals surface area contributed by atoms with E-state index < -0.39 is 13.7 Å². The molecule has 8 nitrogen and oxygen atoms in total. The number of amides is 1. The van der Waals surface area contributed by atoms with Crippen molar-refractivity contribution < 1.29 is 28.7 Å². The molecular formula is C19H27N2O6PSi. The Labute approximate surface area is 173 Å². The third-order valence-electron chi connectivity index (χ3n) is 3.91. The fourth-order valence-corrected chi connectivity index (χ4v) is 2.62. The van der Waals surface area contributed by atoms with Crippen LogP contribution in [-0.2, 0) is 15.9 Å². The Morgan fingerprint density at radius 3 is 2.45 bits per heavy atom. The summed E-state index contributed by atoms with van der Waals surface area (Å²) in [4.78, 5) is 44.8. The van der Waals surface area contributed by atoms with Crippen molar-refractivity contribution in [3.05, 3.63) is 53.9 Å². The predicted octanol–water partition coefficient (Wildman–Crippen LogP) is 2.41. The van der Waals surface area contributed by atoms with Crippen LogP contribution in [0.5, 0.6) is 0 Å². The standard InChI is InChI=1S/C14H13N2O6P.C5H14Si/c17-8-12-11(5-3-7-15-12)16-14(18)22-9-10-4-1-2-6-13(10)23(19,20)21;1-4-5(2,3)6/h1-8H,9H2,(H,16,18)(H2,19,20,21);4H2,1-3,6H3. The van der Waals surface area contributed by atoms with Gasteiger partial charge in [0.25, 0.3) is 0 Å². The summed E-state index contributed by atoms with van der Waals surface area (Å²) in [5.41, 5.74) is 0.411. The van der Waals surface area contributed by atoms with Gasteiger partial charge in [0.2, 0.25) is 0 Å². The Bertz CT molecular complexity index is 879. The number of benzene rings is 1. The van der Waals surface area contributed by atoms with Gasteiger partial charge in [0.15, 0.2) is 6.29 Å². The lowest BCUT2D eigenvalue weighted by molar-refractivity contribution is 0.112. The van der Waals surface area contributed by atoms with Gasteiger partial charge in [-0.05, 0) is 23.2 Å². The smallest absolute Gasteiger partial charge is 0.412 e. The van der Waals surface area contributed by atoms with Crippen LogP contribution in [0.4, 0.5) is 10.5 Å². The molecule has 2 aromatic rings. The summed E-state index contributed by atoms with van der Waals surface area (Å²) in [7, 11) is -3.13. The zero-order valence-corrected chi connectivity index (χ0v) is 19.8. The number of aldehydes is 1. The largest absolute Gasteiger partial charge is 0.444 e. The molecule has 0 aliphatic heterocycles. The summed E-state index contributed by atoms with van der Waals surface area (Å²) in [5.74, 6) is 0. The first-order valence-corrected chi connectivity index (χ1v) is 11.6. The number of rotatable bonds is 6. The molecule has 0 saturated heterocycles. The minimum Gasteiger partial charge on any atom is -0.444 e. The zero-order valence-electron chi connectivity index (χ0n) is 17.0. The molecule has 1 aromatic heterocycles. The molecule has 3 N–H and O–H groups in total. The molecule has 0 unspecified atom stereocenters. The first kappa shape index (κ1) is 24.7. The van der Waals surface area contributed by atoms with Crippen molar-refractivity contribution in [2.75, 3.05) is 5.32 Å². The molecule has 0 fully saturated rings. The highest BCUT2D eigenvalue weighted by Crippen LogP contribution is 2.34. The maximum atomic E-state index is 11.7. The highest BCUT2D eigenvalue weighted by molar-refractivity contribution is 7.60. The third-order valence-corrected chi connectivity index (χ3v) is 5.68. The highest BCUT2D eigenvalue weighted by Gasteiger charge is 2.21. The van der Waals surface area contributed by atoms with Crippen molar-refractivity contribution in [3.8, 4) is 0 Å². The molecule has 1 heterocycles. The Kier molecular flexibility index (Phi) is 9.39. The van der Waals surface area contributed by atoms with Crippen molar-refractivity contribution in [3.63, 3.8) is 0 Å². The van der Waals surface area contributed by atoms with Crippen LogP contribution in [0.1, 0.15) is 43.2 Å². The van der Waals surface area contributed by atoms with Gasteiger partial charge in [0.1, 0.15) is 12.3 Å². The number of pyridine rings is 1. The molecule has 0 aliphatic rings. The van der Waals surface area contributed by atoms with Crippen LogP contribution in [0.2, 0.25) is 5.04 Å². The Hall–Kier alpha value is -2.32. The molecule has 0 aliphatic carbocycles. The molecule has 1 amide bonds. The van der Waals surface area contributed by atoms with E-state index in [4.69, 9.17) is 4.74 Å². The van der Waals surface area contributed by atoms with Gasteiger partial charge in [0.05, 0.1) is 11.0 Å². The summed E-state index contributed by atoms with van der Waals surface area (Å²) in [6.07, 6.45) is 2.34. The number of aromatic nitrogens is 1. The number of carbonyl (C=O) groups excluding carboxylic acids is 2. The number of hydrogen-bond acceptors (Lipinski definition) is 5. The summed E-state index contributed by atoms with van der Waals surface area (Å²) >= 11 is 0. The van der Waals surface area contributed by atoms with Crippen LogP contribution < -0.4 is 10.6 Å². The van der Waals surface area contributed by atoms with E-state index in [0.29, 0.717) is 11.3 Å². The quantitative estimate of drug-likeness (QED) is 0.359. The van der Waals surface area contributed by atoms with Crippen LogP contribution >= 0.6 is 7.60 Å². The second-order valence-electron chi connectivity index (χ2n) is 7.34. The van der Waals surface area contributed by atoms with Crippen molar-refractivity contribution in [1.82, 2.24) is 4.98 Å². The van der Waals surface area contributed by atoms with Crippen molar-refractivity contribution >= 4 is 41.2 Å². The average Bonchev–Trinajstić information content (AvgIpc) is 2.66. The van der Waals surface area contributed by atoms with Crippen LogP contribution in [-0.4, -0.2) is 37.4 Å². The number of nitrogens with zero attached hydrogens (tertiary/aromatic N) is 1. The SMILES string of the molecule is CCC(C)(C)[SiH3].O=Cc1ncccc1NC(=O)OCc1ccccc1P(=O)(O)O. The van der Waals surface area contributed by atoms with E-state index in [1.165, 1.54) is 53.2 Å². The van der Waals surface area contributed by atoms with E-state index in [9.17, 15) is 23.9 Å². The van der Waals surface area contributed by atoms with Gasteiger partial charge in [-0.25, -0.2) is 4.79 Å². The molecule has 0 radical (unpaired) electrons. The lowest BCUT2D eigenvalue weighted by Crippen LogP contribution is -2.18. The summed E-state index contributed by atoms with van der Waals surface area (Å²) in [6, 6.07) is 8.77. The number of ether oxygens (including phenoxy) is 1. The molecule has 29 heavy (non-hydrogen) atoms. The van der Waals surface area contributed by atoms with E-state index in [1.807, 2.05) is 0 Å². The lowest BCUT2D eigenvalue weighted by atomic mass is 10.1. The van der Waals surface area contributed by atoms with Gasteiger partial charge >= 0.3 is 13.7 Å². The Morgan fingerprint density at radius 2 is 1.90 bits per heavy atom. The highest BCUT2D eigenvalue weighted by atomic mass is 31.2. The fourth-order valence-electron chi connectivity index (χ4n) is 1.82. The van der Waals surface area contributed by atoms with Crippen LogP contribution in [0.3, 0.4) is 0 Å². The van der Waals surface area contributed by atoms with Crippen LogP contribution in [0.25, 0.3) is 0 Å². The maximum absolute atomic E-state index is 11.7. The zero-order chi connectivity index (χ0) is 22.1. The minimum atomic E-state index is -4.46. The summed E-state index contributed by atoms with van der Waals surface area (Å²) in [5, 5.41) is 2.82. The molecule has 10 heteroatoms. The molecule has 158 valence electrons. The van der Waals surface area contributed by atoms with Gasteiger partial charge in [0, 0.05) is 22.0 Å². The van der Waals surface area contributed by atoms with E-state index in [1.54, 1.807) is 6.07 Å². The maximum Gasteiger partial charge on any atom is 0.412 e. The van der Waals surface area contributed by atoms with Gasteiger partial charge in [-0.3, -0.25) is 19.7 Å². The molecule has 0 saturated carbocycles. The predicted molar refractivity (Wildman–Crippen MR) is 116 cm³/mol. The van der Waals surface area contributed by atoms with Gasteiger partial charge in [-0.2, -0.15) is 0 Å². The number of nitrogens with one attached hydrogen (secondary N) is 1. The molecular weight excluding hydrogens is 411 g/mol. The molecule has 0 spiro atoms. The van der Waals surface area contributed by atoms with Crippen molar-refractivity contribution in [2.45, 2.75) is 38.8 Å². The lowest BCUT2D eigenvalue weighted by Gasteiger charge is -2.12. The minimum absolute atomic E-state index is 0.0417. The second kappa shape index (κ2) is 11.0. The van der Waals surface area contributed by atoms with Gasteiger partial charge in [-0.1, -0.05) is 45.4 Å². The fraction of sp³-hybridized carbons (Fsp3) is 0.316.